The summed E-state index contributed by atoms with van der Waals surface area (Å²) in [7, 11) is 0. The van der Waals surface area contributed by atoms with E-state index in [2.05, 4.69) is 83.0 Å². The van der Waals surface area contributed by atoms with Gasteiger partial charge < -0.3 is 12.4 Å². The minimum atomic E-state index is 0. The predicted molar refractivity (Wildman–Crippen MR) is 142 cm³/mol. The topological polar surface area (TPSA) is 7.68 Å². The summed E-state index contributed by atoms with van der Waals surface area (Å²) in [6, 6.07) is 5.87. The van der Waals surface area contributed by atoms with Crippen molar-refractivity contribution in [3.05, 3.63) is 64.5 Å². The molecular weight excluding hydrogens is 448 g/mol. The number of rotatable bonds is 5. The third-order valence-corrected chi connectivity index (χ3v) is 9.84. The van der Waals surface area contributed by atoms with Gasteiger partial charge in [0, 0.05) is 17.4 Å². The largest absolute Gasteiger partial charge is 1.00 e. The number of hydrogen-bond donors (Lipinski definition) is 1. The molecule has 4 aliphatic carbocycles. The lowest BCUT2D eigenvalue weighted by Gasteiger charge is -2.54. The van der Waals surface area contributed by atoms with Gasteiger partial charge in [0.05, 0.1) is 17.4 Å². The summed E-state index contributed by atoms with van der Waals surface area (Å²) in [4.78, 5) is 4.42. The van der Waals surface area contributed by atoms with E-state index >= 15 is 0 Å². The first-order valence-corrected chi connectivity index (χ1v) is 14.2. The van der Waals surface area contributed by atoms with Crippen molar-refractivity contribution in [1.29, 1.82) is 0 Å². The molecule has 190 valence electrons. The van der Waals surface area contributed by atoms with E-state index in [0.29, 0.717) is 17.8 Å². The second kappa shape index (κ2) is 9.42. The van der Waals surface area contributed by atoms with E-state index in [-0.39, 0.29) is 12.4 Å². The van der Waals surface area contributed by atoms with Gasteiger partial charge in [-0.25, -0.2) is 0 Å². The molecule has 2 nitrogen and oxygen atoms in total. The molecule has 35 heavy (non-hydrogen) atoms. The lowest BCUT2D eigenvalue weighted by Crippen LogP contribution is -3.13. The van der Waals surface area contributed by atoms with Crippen molar-refractivity contribution in [2.24, 2.45) is 23.7 Å². The van der Waals surface area contributed by atoms with Crippen LogP contribution in [0.5, 0.6) is 0 Å². The zero-order valence-electron chi connectivity index (χ0n) is 22.7. The summed E-state index contributed by atoms with van der Waals surface area (Å²) in [6.07, 6.45) is 17.2. The van der Waals surface area contributed by atoms with E-state index in [1.807, 2.05) is 0 Å². The van der Waals surface area contributed by atoms with Crippen LogP contribution in [-0.2, 0) is 0 Å². The molecule has 2 heterocycles. The number of allylic oxidation sites excluding steroid dienone is 3. The molecule has 0 saturated heterocycles. The SMILES string of the molecule is CC(C)c1cc(C(C)C)c(C2=CC=CC3=C[NH+](C4C5CC6CC(C5)CC4C6)CN32)c(C(C)C)c1.[Cl-]. The Morgan fingerprint density at radius 2 is 1.37 bits per heavy atom. The maximum Gasteiger partial charge on any atom is 0.162 e. The number of nitrogens with zero attached hydrogens (tertiary/aromatic N) is 1. The van der Waals surface area contributed by atoms with E-state index in [4.69, 9.17) is 0 Å². The van der Waals surface area contributed by atoms with Gasteiger partial charge in [-0.05, 0) is 90.5 Å². The van der Waals surface area contributed by atoms with Crippen LogP contribution < -0.4 is 17.3 Å². The normalized spacial score (nSPS) is 32.9. The highest BCUT2D eigenvalue weighted by atomic mass is 35.5. The van der Waals surface area contributed by atoms with Gasteiger partial charge in [0.15, 0.2) is 6.67 Å². The van der Waals surface area contributed by atoms with Crippen molar-refractivity contribution in [1.82, 2.24) is 4.90 Å². The van der Waals surface area contributed by atoms with Crippen molar-refractivity contribution in [2.45, 2.75) is 97.4 Å². The molecule has 1 unspecified atom stereocenters. The molecule has 0 aromatic heterocycles. The maximum atomic E-state index is 2.67. The van der Waals surface area contributed by atoms with E-state index in [1.165, 1.54) is 59.3 Å². The van der Waals surface area contributed by atoms with Crippen molar-refractivity contribution in [3.63, 3.8) is 0 Å². The van der Waals surface area contributed by atoms with E-state index < -0.39 is 0 Å². The predicted octanol–water partition coefficient (Wildman–Crippen LogP) is 3.80. The fourth-order valence-corrected chi connectivity index (χ4v) is 8.48. The van der Waals surface area contributed by atoms with Crippen LogP contribution in [0.1, 0.15) is 114 Å². The Morgan fingerprint density at radius 1 is 0.800 bits per heavy atom. The Morgan fingerprint density at radius 3 is 1.89 bits per heavy atom. The molecule has 7 rings (SSSR count). The summed E-state index contributed by atoms with van der Waals surface area (Å²) in [5.74, 6) is 5.61. The molecule has 4 fully saturated rings. The monoisotopic (exact) mass is 492 g/mol. The Kier molecular flexibility index (Phi) is 6.77. The first kappa shape index (κ1) is 25.2. The number of nitrogens with one attached hydrogen (secondary N) is 1. The molecule has 4 saturated carbocycles. The summed E-state index contributed by atoms with van der Waals surface area (Å²) >= 11 is 0. The highest BCUT2D eigenvalue weighted by Crippen LogP contribution is 2.53. The minimum Gasteiger partial charge on any atom is -1.00 e. The molecule has 0 amide bonds. The Balaban J connectivity index is 0.00000253. The fourth-order valence-electron chi connectivity index (χ4n) is 8.48. The van der Waals surface area contributed by atoms with E-state index in [9.17, 15) is 0 Å². The molecule has 3 heteroatoms. The quantitative estimate of drug-likeness (QED) is 0.657. The number of quaternary nitrogens is 1. The van der Waals surface area contributed by atoms with Gasteiger partial charge in [0.1, 0.15) is 6.20 Å². The highest BCUT2D eigenvalue weighted by Gasteiger charge is 2.53. The number of hydrogen-bond acceptors (Lipinski definition) is 1. The van der Waals surface area contributed by atoms with Gasteiger partial charge in [0.25, 0.3) is 0 Å². The van der Waals surface area contributed by atoms with Crippen LogP contribution in [0.15, 0.2) is 42.3 Å². The number of benzene rings is 1. The molecule has 1 aromatic carbocycles. The van der Waals surface area contributed by atoms with Crippen LogP contribution in [0, 0.1) is 23.7 Å². The molecule has 0 radical (unpaired) electrons. The summed E-state index contributed by atoms with van der Waals surface area (Å²) < 4.78 is 0. The Labute approximate surface area is 219 Å². The van der Waals surface area contributed by atoms with Crippen molar-refractivity contribution < 1.29 is 17.3 Å². The van der Waals surface area contributed by atoms with Crippen LogP contribution in [0.25, 0.3) is 5.70 Å². The minimum absolute atomic E-state index is 0. The summed E-state index contributed by atoms with van der Waals surface area (Å²) in [5, 5.41) is 0. The van der Waals surface area contributed by atoms with Crippen LogP contribution in [0.3, 0.4) is 0 Å². The molecule has 1 atom stereocenters. The fraction of sp³-hybridized carbons (Fsp3) is 0.625. The van der Waals surface area contributed by atoms with Crippen LogP contribution >= 0.6 is 0 Å². The summed E-state index contributed by atoms with van der Waals surface area (Å²) in [5.41, 5.74) is 8.92. The van der Waals surface area contributed by atoms with Gasteiger partial charge in [-0.2, -0.15) is 0 Å². The van der Waals surface area contributed by atoms with Gasteiger partial charge in [-0.15, -0.1) is 0 Å². The number of halogens is 1. The van der Waals surface area contributed by atoms with Gasteiger partial charge in [0.2, 0.25) is 0 Å². The zero-order valence-corrected chi connectivity index (χ0v) is 23.4. The lowest BCUT2D eigenvalue weighted by molar-refractivity contribution is -0.887. The zero-order chi connectivity index (χ0) is 23.7. The van der Waals surface area contributed by atoms with Crippen LogP contribution in [0.2, 0.25) is 0 Å². The molecule has 2 aliphatic heterocycles. The molecule has 0 spiro atoms. The van der Waals surface area contributed by atoms with Crippen molar-refractivity contribution in [2.75, 3.05) is 6.67 Å². The van der Waals surface area contributed by atoms with Crippen LogP contribution in [-0.4, -0.2) is 17.6 Å². The van der Waals surface area contributed by atoms with Gasteiger partial charge in [-0.3, -0.25) is 9.80 Å². The standard InChI is InChI=1S/C32H44N2.ClH/c1-19(2)24-15-28(20(3)4)31(29(16-24)21(5)6)30-9-7-8-27-17-33(18-34(27)30)32-25-11-22-10-23(13-25)14-26(32)12-22;/h7-9,15-17,19-23,25-26,32H,10-14,18H2,1-6H3;1H. The lowest BCUT2D eigenvalue weighted by atomic mass is 9.54. The average molecular weight is 493 g/mol. The Hall–Kier alpha value is -1.51. The van der Waals surface area contributed by atoms with Crippen molar-refractivity contribution in [3.8, 4) is 0 Å². The second-order valence-electron chi connectivity index (χ2n) is 13.1. The molecule has 1 N–H and O–H groups in total. The second-order valence-corrected chi connectivity index (χ2v) is 13.1. The summed E-state index contributed by atoms with van der Waals surface area (Å²) in [6.45, 7) is 15.3. The molecular formula is C32H45ClN2. The average Bonchev–Trinajstić information content (AvgIpc) is 3.21. The van der Waals surface area contributed by atoms with E-state index in [0.717, 1.165) is 36.4 Å². The first-order valence-electron chi connectivity index (χ1n) is 14.2. The van der Waals surface area contributed by atoms with Gasteiger partial charge in [-0.1, -0.05) is 59.8 Å². The third-order valence-electron chi connectivity index (χ3n) is 9.84. The smallest absolute Gasteiger partial charge is 0.162 e. The highest BCUT2D eigenvalue weighted by molar-refractivity contribution is 5.75. The number of fused-ring (bicyclic) bond motifs is 1. The Bertz CT molecular complexity index is 1000. The van der Waals surface area contributed by atoms with Crippen molar-refractivity contribution >= 4 is 5.70 Å². The van der Waals surface area contributed by atoms with Gasteiger partial charge >= 0.3 is 0 Å². The molecule has 4 bridgehead atoms. The molecule has 1 aromatic rings. The van der Waals surface area contributed by atoms with Crippen LogP contribution in [0.4, 0.5) is 0 Å². The van der Waals surface area contributed by atoms with E-state index in [1.54, 1.807) is 11.3 Å². The molecule has 6 aliphatic rings. The maximum absolute atomic E-state index is 2.67. The first-order chi connectivity index (χ1) is 16.3. The third kappa shape index (κ3) is 4.23.